The van der Waals surface area contributed by atoms with E-state index in [0.717, 1.165) is 24.2 Å². The van der Waals surface area contributed by atoms with Gasteiger partial charge in [-0.05, 0) is 44.0 Å². The molecule has 0 unspecified atom stereocenters. The van der Waals surface area contributed by atoms with E-state index in [4.69, 9.17) is 4.74 Å². The van der Waals surface area contributed by atoms with E-state index >= 15 is 0 Å². The maximum absolute atomic E-state index is 12.7. The number of urea groups is 1. The smallest absolute Gasteiger partial charge is 0.338 e. The molecule has 1 saturated heterocycles. The molecule has 8 nitrogen and oxygen atoms in total. The third kappa shape index (κ3) is 4.16. The van der Waals surface area contributed by atoms with Crippen molar-refractivity contribution in [3.63, 3.8) is 0 Å². The van der Waals surface area contributed by atoms with Gasteiger partial charge in [-0.25, -0.2) is 9.59 Å². The highest BCUT2D eigenvalue weighted by atomic mass is 16.5. The fourth-order valence-corrected chi connectivity index (χ4v) is 3.71. The van der Waals surface area contributed by atoms with E-state index < -0.39 is 17.5 Å². The van der Waals surface area contributed by atoms with E-state index in [9.17, 15) is 19.2 Å². The molecule has 8 heteroatoms. The lowest BCUT2D eigenvalue weighted by Gasteiger charge is -2.30. The topological polar surface area (TPSA) is 105 Å². The van der Waals surface area contributed by atoms with Crippen LogP contribution < -0.4 is 10.6 Å². The number of carbonyl (C=O) groups is 4. The summed E-state index contributed by atoms with van der Waals surface area (Å²) in [5, 5.41) is 5.54. The quantitative estimate of drug-likeness (QED) is 0.576. The first-order chi connectivity index (χ1) is 13.4. The van der Waals surface area contributed by atoms with Crippen molar-refractivity contribution in [2.24, 2.45) is 0 Å². The van der Waals surface area contributed by atoms with Crippen molar-refractivity contribution < 1.29 is 23.9 Å². The SMILES string of the molecule is CCOC(=O)c1ccc(NC(=O)CCN2C(=O)NC3(CCCCC3)C2=O)cc1. The van der Waals surface area contributed by atoms with Crippen LogP contribution in [0.4, 0.5) is 10.5 Å². The summed E-state index contributed by atoms with van der Waals surface area (Å²) in [4.78, 5) is 49.9. The second-order valence-corrected chi connectivity index (χ2v) is 7.13. The van der Waals surface area contributed by atoms with Gasteiger partial charge in [0.1, 0.15) is 5.54 Å². The Hall–Kier alpha value is -2.90. The minimum absolute atomic E-state index is 0.00880. The standard InChI is InChI=1S/C20H25N3O5/c1-2-28-17(25)14-6-8-15(9-7-14)21-16(24)10-13-23-18(26)20(22-19(23)27)11-4-3-5-12-20/h6-9H,2-5,10-13H2,1H3,(H,21,24)(H,22,27). The van der Waals surface area contributed by atoms with Gasteiger partial charge in [-0.3, -0.25) is 14.5 Å². The lowest BCUT2D eigenvalue weighted by Crippen LogP contribution is -2.48. The first-order valence-corrected chi connectivity index (χ1v) is 9.66. The Morgan fingerprint density at radius 2 is 1.82 bits per heavy atom. The predicted octanol–water partition coefficient (Wildman–Crippen LogP) is 2.45. The monoisotopic (exact) mass is 387 g/mol. The van der Waals surface area contributed by atoms with E-state index in [2.05, 4.69) is 10.6 Å². The van der Waals surface area contributed by atoms with Crippen LogP contribution in [0, 0.1) is 0 Å². The molecule has 1 spiro atoms. The molecule has 1 aliphatic carbocycles. The molecule has 150 valence electrons. The van der Waals surface area contributed by atoms with Crippen molar-refractivity contribution in [2.75, 3.05) is 18.5 Å². The minimum atomic E-state index is -0.769. The number of esters is 1. The van der Waals surface area contributed by atoms with Gasteiger partial charge in [0, 0.05) is 18.7 Å². The van der Waals surface area contributed by atoms with Crippen LogP contribution in [-0.2, 0) is 14.3 Å². The van der Waals surface area contributed by atoms with Gasteiger partial charge in [0.05, 0.1) is 12.2 Å². The Labute approximate surface area is 163 Å². The third-order valence-corrected chi connectivity index (χ3v) is 5.20. The van der Waals surface area contributed by atoms with E-state index in [1.165, 1.54) is 0 Å². The number of nitrogens with one attached hydrogen (secondary N) is 2. The number of amides is 4. The fourth-order valence-electron chi connectivity index (χ4n) is 3.71. The Bertz CT molecular complexity index is 769. The molecule has 28 heavy (non-hydrogen) atoms. The molecule has 1 aliphatic heterocycles. The van der Waals surface area contributed by atoms with Gasteiger partial charge in [-0.2, -0.15) is 0 Å². The lowest BCUT2D eigenvalue weighted by atomic mass is 9.82. The molecule has 2 aliphatic rings. The number of hydrogen-bond donors (Lipinski definition) is 2. The number of imide groups is 1. The van der Waals surface area contributed by atoms with Crippen molar-refractivity contribution in [2.45, 2.75) is 51.0 Å². The zero-order valence-electron chi connectivity index (χ0n) is 16.0. The first kappa shape index (κ1) is 19.9. The molecular weight excluding hydrogens is 362 g/mol. The van der Waals surface area contributed by atoms with Gasteiger partial charge >= 0.3 is 12.0 Å². The maximum atomic E-state index is 12.7. The third-order valence-electron chi connectivity index (χ3n) is 5.20. The van der Waals surface area contributed by atoms with Crippen molar-refractivity contribution in [3.05, 3.63) is 29.8 Å². The molecule has 0 atom stereocenters. The Balaban J connectivity index is 1.52. The Kier molecular flexibility index (Phi) is 5.96. The van der Waals surface area contributed by atoms with Gasteiger partial charge in [-0.15, -0.1) is 0 Å². The van der Waals surface area contributed by atoms with E-state index in [-0.39, 0.29) is 24.8 Å². The first-order valence-electron chi connectivity index (χ1n) is 9.66. The number of anilines is 1. The summed E-state index contributed by atoms with van der Waals surface area (Å²) in [6.07, 6.45) is 4.24. The fraction of sp³-hybridized carbons (Fsp3) is 0.500. The highest BCUT2D eigenvalue weighted by Gasteiger charge is 2.51. The molecule has 4 amide bonds. The second kappa shape index (κ2) is 8.41. The molecule has 2 fully saturated rings. The van der Waals surface area contributed by atoms with Gasteiger partial charge in [0.15, 0.2) is 0 Å². The number of nitrogens with zero attached hydrogens (tertiary/aromatic N) is 1. The average Bonchev–Trinajstić information content (AvgIpc) is 2.91. The summed E-state index contributed by atoms with van der Waals surface area (Å²) in [6.45, 7) is 2.06. The Morgan fingerprint density at radius 3 is 2.46 bits per heavy atom. The highest BCUT2D eigenvalue weighted by Crippen LogP contribution is 2.33. The van der Waals surface area contributed by atoms with Crippen LogP contribution in [0.25, 0.3) is 0 Å². The highest BCUT2D eigenvalue weighted by molar-refractivity contribution is 6.07. The van der Waals surface area contributed by atoms with Crippen LogP contribution in [0.15, 0.2) is 24.3 Å². The van der Waals surface area contributed by atoms with Crippen LogP contribution in [0.3, 0.4) is 0 Å². The molecule has 1 aromatic rings. The van der Waals surface area contributed by atoms with Crippen LogP contribution in [0.1, 0.15) is 55.8 Å². The summed E-state index contributed by atoms with van der Waals surface area (Å²) in [5.74, 6) is -0.951. The Morgan fingerprint density at radius 1 is 1.14 bits per heavy atom. The summed E-state index contributed by atoms with van der Waals surface area (Å²) < 4.78 is 4.91. The maximum Gasteiger partial charge on any atom is 0.338 e. The van der Waals surface area contributed by atoms with Crippen LogP contribution >= 0.6 is 0 Å². The molecule has 2 N–H and O–H groups in total. The van der Waals surface area contributed by atoms with Gasteiger partial charge < -0.3 is 15.4 Å². The molecule has 0 aromatic heterocycles. The molecule has 1 heterocycles. The van der Waals surface area contributed by atoms with E-state index in [1.54, 1.807) is 31.2 Å². The van der Waals surface area contributed by atoms with Gasteiger partial charge in [0.2, 0.25) is 5.91 Å². The molecule has 3 rings (SSSR count). The van der Waals surface area contributed by atoms with Crippen molar-refractivity contribution >= 4 is 29.5 Å². The number of ether oxygens (including phenoxy) is 1. The minimum Gasteiger partial charge on any atom is -0.462 e. The van der Waals surface area contributed by atoms with Crippen LogP contribution in [-0.4, -0.2) is 47.4 Å². The predicted molar refractivity (Wildman–Crippen MR) is 102 cm³/mol. The zero-order chi connectivity index (χ0) is 20.1. The van der Waals surface area contributed by atoms with Crippen molar-refractivity contribution in [3.8, 4) is 0 Å². The molecule has 0 radical (unpaired) electrons. The molecular formula is C20H25N3O5. The summed E-state index contributed by atoms with van der Waals surface area (Å²) in [5.41, 5.74) is 0.158. The molecule has 1 saturated carbocycles. The summed E-state index contributed by atoms with van der Waals surface area (Å²) in [6, 6.07) is 5.93. The second-order valence-electron chi connectivity index (χ2n) is 7.13. The van der Waals surface area contributed by atoms with Gasteiger partial charge in [-0.1, -0.05) is 19.3 Å². The van der Waals surface area contributed by atoms with E-state index in [1.807, 2.05) is 0 Å². The lowest BCUT2D eigenvalue weighted by molar-refractivity contribution is -0.132. The number of rotatable bonds is 6. The van der Waals surface area contributed by atoms with Crippen molar-refractivity contribution in [1.82, 2.24) is 10.2 Å². The van der Waals surface area contributed by atoms with Gasteiger partial charge in [0.25, 0.3) is 5.91 Å². The number of carbonyl (C=O) groups excluding carboxylic acids is 4. The largest absolute Gasteiger partial charge is 0.462 e. The van der Waals surface area contributed by atoms with Crippen molar-refractivity contribution in [1.29, 1.82) is 0 Å². The normalized spacial score (nSPS) is 18.1. The summed E-state index contributed by atoms with van der Waals surface area (Å²) >= 11 is 0. The average molecular weight is 387 g/mol. The summed E-state index contributed by atoms with van der Waals surface area (Å²) in [7, 11) is 0. The number of benzene rings is 1. The zero-order valence-corrected chi connectivity index (χ0v) is 16.0. The van der Waals surface area contributed by atoms with Crippen LogP contribution in [0.5, 0.6) is 0 Å². The molecule has 0 bridgehead atoms. The van der Waals surface area contributed by atoms with E-state index in [0.29, 0.717) is 30.7 Å². The van der Waals surface area contributed by atoms with Crippen LogP contribution in [0.2, 0.25) is 0 Å². The number of hydrogen-bond acceptors (Lipinski definition) is 5. The molecule has 1 aromatic carbocycles.